The Hall–Kier alpha value is -4.36. The molecule has 1 amide bonds. The molecule has 33 heavy (non-hydrogen) atoms. The topological polar surface area (TPSA) is 125 Å². The maximum atomic E-state index is 13.4. The Morgan fingerprint density at radius 1 is 1.03 bits per heavy atom. The van der Waals surface area contributed by atoms with E-state index in [1.54, 1.807) is 0 Å². The first-order chi connectivity index (χ1) is 15.6. The molecule has 0 fully saturated rings. The zero-order chi connectivity index (χ0) is 24.2. The van der Waals surface area contributed by atoms with Gasteiger partial charge in [-0.25, -0.2) is 14.2 Å². The van der Waals surface area contributed by atoms with Gasteiger partial charge in [0.25, 0.3) is 11.8 Å². The molecule has 2 heterocycles. The van der Waals surface area contributed by atoms with Gasteiger partial charge in [-0.3, -0.25) is 9.78 Å². The zero-order valence-electron chi connectivity index (χ0n) is 16.8. The van der Waals surface area contributed by atoms with Crippen LogP contribution in [0, 0.1) is 5.82 Å². The summed E-state index contributed by atoms with van der Waals surface area (Å²) in [5, 5.41) is 8.57. The summed E-state index contributed by atoms with van der Waals surface area (Å²) >= 11 is 0. The SMILES string of the molecule is COC(=O)c1cncc(NC(=O)c2cc(C(F)(F)F)nnc2Oc2ccc(F)cc2OC)n1. The van der Waals surface area contributed by atoms with Crippen LogP contribution in [0.5, 0.6) is 17.4 Å². The van der Waals surface area contributed by atoms with E-state index in [-0.39, 0.29) is 23.0 Å². The number of rotatable bonds is 6. The summed E-state index contributed by atoms with van der Waals surface area (Å²) in [6, 6.07) is 3.50. The largest absolute Gasteiger partial charge is 0.493 e. The predicted octanol–water partition coefficient (Wildman–Crippen LogP) is 3.26. The van der Waals surface area contributed by atoms with Crippen LogP contribution in [-0.2, 0) is 10.9 Å². The number of carbonyl (C=O) groups excluding carboxylic acids is 2. The van der Waals surface area contributed by atoms with E-state index in [2.05, 4.69) is 30.2 Å². The van der Waals surface area contributed by atoms with Crippen molar-refractivity contribution < 1.29 is 41.4 Å². The van der Waals surface area contributed by atoms with E-state index in [0.29, 0.717) is 6.07 Å². The average Bonchev–Trinajstić information content (AvgIpc) is 2.79. The fraction of sp³-hybridized carbons (Fsp3) is 0.158. The third-order valence-electron chi connectivity index (χ3n) is 3.90. The minimum atomic E-state index is -4.92. The van der Waals surface area contributed by atoms with Crippen molar-refractivity contribution in [3.05, 3.63) is 59.4 Å². The first-order valence-corrected chi connectivity index (χ1v) is 8.80. The van der Waals surface area contributed by atoms with E-state index in [1.807, 2.05) is 0 Å². The number of aromatic nitrogens is 4. The molecule has 3 aromatic rings. The standard InChI is InChI=1S/C19H13F4N5O5/c1-31-13-5-9(20)3-4-12(13)33-17-10(6-14(27-28-17)19(21,22)23)16(29)26-15-8-24-7-11(25-15)18(30)32-2/h3-8H,1-2H3,(H,25,26,29). The second kappa shape index (κ2) is 9.42. The van der Waals surface area contributed by atoms with Gasteiger partial charge in [0.15, 0.2) is 28.7 Å². The van der Waals surface area contributed by atoms with E-state index in [0.717, 1.165) is 37.7 Å². The number of nitrogens with zero attached hydrogens (tertiary/aromatic N) is 4. The van der Waals surface area contributed by atoms with Crippen molar-refractivity contribution in [2.75, 3.05) is 19.5 Å². The molecule has 2 aromatic heterocycles. The van der Waals surface area contributed by atoms with Crippen molar-refractivity contribution >= 4 is 17.7 Å². The molecule has 3 rings (SSSR count). The van der Waals surface area contributed by atoms with Crippen LogP contribution in [0.1, 0.15) is 26.5 Å². The molecule has 0 saturated carbocycles. The van der Waals surface area contributed by atoms with Crippen molar-refractivity contribution in [3.8, 4) is 17.4 Å². The number of ether oxygens (including phenoxy) is 3. The molecule has 0 unspecified atom stereocenters. The van der Waals surface area contributed by atoms with Crippen LogP contribution in [0.3, 0.4) is 0 Å². The zero-order valence-corrected chi connectivity index (χ0v) is 16.8. The number of halogens is 4. The minimum Gasteiger partial charge on any atom is -0.493 e. The number of benzene rings is 1. The number of alkyl halides is 3. The Morgan fingerprint density at radius 3 is 2.45 bits per heavy atom. The van der Waals surface area contributed by atoms with Crippen LogP contribution in [0.15, 0.2) is 36.7 Å². The molecule has 0 atom stereocenters. The highest BCUT2D eigenvalue weighted by molar-refractivity contribution is 6.05. The van der Waals surface area contributed by atoms with E-state index < -0.39 is 41.0 Å². The van der Waals surface area contributed by atoms with Gasteiger partial charge in [-0.2, -0.15) is 13.2 Å². The quantitative estimate of drug-likeness (QED) is 0.429. The van der Waals surface area contributed by atoms with Gasteiger partial charge < -0.3 is 19.5 Å². The molecule has 10 nitrogen and oxygen atoms in total. The average molecular weight is 467 g/mol. The van der Waals surface area contributed by atoms with Crippen LogP contribution in [-0.4, -0.2) is 46.3 Å². The fourth-order valence-corrected chi connectivity index (χ4v) is 2.40. The lowest BCUT2D eigenvalue weighted by atomic mass is 10.2. The Kier molecular flexibility index (Phi) is 6.65. The van der Waals surface area contributed by atoms with Gasteiger partial charge >= 0.3 is 12.1 Å². The lowest BCUT2D eigenvalue weighted by Crippen LogP contribution is -2.19. The van der Waals surface area contributed by atoms with Gasteiger partial charge in [-0.15, -0.1) is 10.2 Å². The smallest absolute Gasteiger partial charge is 0.435 e. The van der Waals surface area contributed by atoms with Gasteiger partial charge in [-0.05, 0) is 18.2 Å². The molecule has 0 aliphatic rings. The van der Waals surface area contributed by atoms with Gasteiger partial charge in [0.2, 0.25) is 0 Å². The maximum Gasteiger partial charge on any atom is 0.435 e. The third kappa shape index (κ3) is 5.47. The number of hydrogen-bond donors (Lipinski definition) is 1. The number of hydrogen-bond acceptors (Lipinski definition) is 9. The number of anilines is 1. The highest BCUT2D eigenvalue weighted by atomic mass is 19.4. The summed E-state index contributed by atoms with van der Waals surface area (Å²) in [5.74, 6) is -3.81. The maximum absolute atomic E-state index is 13.4. The lowest BCUT2D eigenvalue weighted by molar-refractivity contribution is -0.141. The molecule has 0 saturated heterocycles. The summed E-state index contributed by atoms with van der Waals surface area (Å²) in [6.07, 6.45) is -2.81. The van der Waals surface area contributed by atoms with Crippen molar-refractivity contribution in [2.45, 2.75) is 6.18 Å². The molecule has 0 spiro atoms. The Balaban J connectivity index is 2.00. The van der Waals surface area contributed by atoms with E-state index in [4.69, 9.17) is 9.47 Å². The molecule has 14 heteroatoms. The van der Waals surface area contributed by atoms with Gasteiger partial charge in [-0.1, -0.05) is 0 Å². The Labute approximate surface area is 182 Å². The van der Waals surface area contributed by atoms with Crippen molar-refractivity contribution in [3.63, 3.8) is 0 Å². The molecule has 1 N–H and O–H groups in total. The summed E-state index contributed by atoms with van der Waals surface area (Å²) in [6.45, 7) is 0. The molecule has 0 radical (unpaired) electrons. The van der Waals surface area contributed by atoms with E-state index in [1.165, 1.54) is 7.11 Å². The highest BCUT2D eigenvalue weighted by Gasteiger charge is 2.35. The van der Waals surface area contributed by atoms with E-state index in [9.17, 15) is 27.2 Å². The van der Waals surface area contributed by atoms with Crippen LogP contribution in [0.4, 0.5) is 23.4 Å². The Morgan fingerprint density at radius 2 is 1.79 bits per heavy atom. The third-order valence-corrected chi connectivity index (χ3v) is 3.90. The highest BCUT2D eigenvalue weighted by Crippen LogP contribution is 2.34. The van der Waals surface area contributed by atoms with Crippen LogP contribution in [0.25, 0.3) is 0 Å². The Bertz CT molecular complexity index is 1210. The summed E-state index contributed by atoms with van der Waals surface area (Å²) in [7, 11) is 2.31. The minimum absolute atomic E-state index is 0.111. The van der Waals surface area contributed by atoms with Crippen LogP contribution in [0.2, 0.25) is 0 Å². The molecule has 172 valence electrons. The first kappa shape index (κ1) is 23.3. The van der Waals surface area contributed by atoms with Crippen molar-refractivity contribution in [2.24, 2.45) is 0 Å². The number of methoxy groups -OCH3 is 2. The molecule has 0 bridgehead atoms. The number of esters is 1. The van der Waals surface area contributed by atoms with Gasteiger partial charge in [0.1, 0.15) is 11.4 Å². The summed E-state index contributed by atoms with van der Waals surface area (Å²) in [5.41, 5.74) is -2.42. The fourth-order valence-electron chi connectivity index (χ4n) is 2.40. The van der Waals surface area contributed by atoms with Gasteiger partial charge in [0.05, 0.1) is 26.6 Å². The number of carbonyl (C=O) groups is 2. The summed E-state index contributed by atoms with van der Waals surface area (Å²) < 4.78 is 67.7. The monoisotopic (exact) mass is 467 g/mol. The second-order valence-electron chi connectivity index (χ2n) is 6.08. The molecule has 0 aliphatic heterocycles. The molecular formula is C19H13F4N5O5. The first-order valence-electron chi connectivity index (χ1n) is 8.80. The van der Waals surface area contributed by atoms with Crippen molar-refractivity contribution in [1.82, 2.24) is 20.2 Å². The normalized spacial score (nSPS) is 11.0. The number of nitrogens with one attached hydrogen (secondary N) is 1. The van der Waals surface area contributed by atoms with Gasteiger partial charge in [0, 0.05) is 6.07 Å². The predicted molar refractivity (Wildman–Crippen MR) is 101 cm³/mol. The van der Waals surface area contributed by atoms with E-state index >= 15 is 0 Å². The van der Waals surface area contributed by atoms with Crippen LogP contribution >= 0.6 is 0 Å². The molecule has 0 aliphatic carbocycles. The van der Waals surface area contributed by atoms with Crippen molar-refractivity contribution in [1.29, 1.82) is 0 Å². The lowest BCUT2D eigenvalue weighted by Gasteiger charge is -2.14. The second-order valence-corrected chi connectivity index (χ2v) is 6.08. The van der Waals surface area contributed by atoms with Crippen LogP contribution < -0.4 is 14.8 Å². The molecule has 1 aromatic carbocycles. The summed E-state index contributed by atoms with van der Waals surface area (Å²) in [4.78, 5) is 31.9. The molecular weight excluding hydrogens is 454 g/mol. The number of amides is 1.